The summed E-state index contributed by atoms with van der Waals surface area (Å²) in [5, 5.41) is 3.45. The van der Waals surface area contributed by atoms with Gasteiger partial charge in [0.25, 0.3) is 5.56 Å². The predicted octanol–water partition coefficient (Wildman–Crippen LogP) is 2.92. The minimum Gasteiger partial charge on any atom is -0.397 e. The number of carbonyl (C=O) groups excluding carboxylic acids is 1. The monoisotopic (exact) mass is 351 g/mol. The molecule has 0 bridgehead atoms. The van der Waals surface area contributed by atoms with Crippen molar-refractivity contribution >= 4 is 34.8 Å². The second-order valence-corrected chi connectivity index (χ2v) is 7.06. The van der Waals surface area contributed by atoms with Crippen molar-refractivity contribution in [1.29, 1.82) is 0 Å². The van der Waals surface area contributed by atoms with Crippen LogP contribution in [0.5, 0.6) is 0 Å². The Bertz CT molecular complexity index is 837. The number of aromatic amines is 1. The first-order chi connectivity index (χ1) is 11.0. The largest absolute Gasteiger partial charge is 0.397 e. The summed E-state index contributed by atoms with van der Waals surface area (Å²) in [7, 11) is 1.63. The molecule has 1 fully saturated rings. The van der Waals surface area contributed by atoms with Gasteiger partial charge >= 0.3 is 0 Å². The quantitative estimate of drug-likeness (QED) is 0.641. The van der Waals surface area contributed by atoms with E-state index in [-0.39, 0.29) is 22.8 Å². The number of aromatic nitrogens is 2. The predicted molar refractivity (Wildman–Crippen MR) is 94.5 cm³/mol. The Hall–Kier alpha value is -1.66. The van der Waals surface area contributed by atoms with Gasteiger partial charge in [-0.2, -0.15) is 11.8 Å². The van der Waals surface area contributed by atoms with E-state index in [0.717, 1.165) is 18.5 Å². The molecule has 5 nitrogen and oxygen atoms in total. The molecular formula is C16H18ClN3O2S. The van der Waals surface area contributed by atoms with E-state index in [9.17, 15) is 9.59 Å². The van der Waals surface area contributed by atoms with E-state index < -0.39 is 0 Å². The van der Waals surface area contributed by atoms with Gasteiger partial charge in [-0.25, -0.2) is 0 Å². The number of halogens is 1. The highest BCUT2D eigenvalue weighted by Gasteiger charge is 2.33. The summed E-state index contributed by atoms with van der Waals surface area (Å²) >= 11 is 7.64. The highest BCUT2D eigenvalue weighted by Crippen LogP contribution is 2.40. The molecule has 1 heterocycles. The number of hydrogen-bond acceptors (Lipinski definition) is 4. The molecule has 3 rings (SSSR count). The zero-order valence-electron chi connectivity index (χ0n) is 13.0. The lowest BCUT2D eigenvalue weighted by Gasteiger charge is -2.12. The van der Waals surface area contributed by atoms with E-state index >= 15 is 0 Å². The van der Waals surface area contributed by atoms with Crippen LogP contribution in [0.15, 0.2) is 16.9 Å². The second kappa shape index (κ2) is 6.09. The Morgan fingerprint density at radius 1 is 1.48 bits per heavy atom. The summed E-state index contributed by atoms with van der Waals surface area (Å²) in [5.41, 5.74) is 8.30. The van der Waals surface area contributed by atoms with Crippen LogP contribution >= 0.6 is 23.4 Å². The maximum atomic E-state index is 13.1. The molecule has 7 heteroatoms. The lowest BCUT2D eigenvalue weighted by molar-refractivity contribution is 0.103. The molecule has 0 spiro atoms. The fourth-order valence-electron chi connectivity index (χ4n) is 2.74. The smallest absolute Gasteiger partial charge is 0.277 e. The van der Waals surface area contributed by atoms with Gasteiger partial charge in [0.2, 0.25) is 5.78 Å². The average Bonchev–Trinajstić information content (AvgIpc) is 3.31. The molecule has 3 N–H and O–H groups in total. The molecule has 0 unspecified atom stereocenters. The number of ketones is 1. The van der Waals surface area contributed by atoms with Gasteiger partial charge in [-0.1, -0.05) is 11.6 Å². The molecule has 122 valence electrons. The molecule has 0 saturated heterocycles. The van der Waals surface area contributed by atoms with Crippen molar-refractivity contribution in [2.24, 2.45) is 7.05 Å². The van der Waals surface area contributed by atoms with Crippen LogP contribution in [0.4, 0.5) is 5.69 Å². The average molecular weight is 352 g/mol. The van der Waals surface area contributed by atoms with Gasteiger partial charge in [0.1, 0.15) is 5.56 Å². The SMILES string of the molecule is CSCc1c(C(=O)c2c(C3CC3)[nH]n(C)c2=O)ccc(Cl)c1N. The van der Waals surface area contributed by atoms with E-state index in [1.54, 1.807) is 30.9 Å². The van der Waals surface area contributed by atoms with Gasteiger partial charge in [-0.3, -0.25) is 19.4 Å². The van der Waals surface area contributed by atoms with Crippen molar-refractivity contribution in [2.45, 2.75) is 24.5 Å². The maximum absolute atomic E-state index is 13.1. The third-order valence-electron chi connectivity index (χ3n) is 4.13. The van der Waals surface area contributed by atoms with Crippen LogP contribution in [0.2, 0.25) is 5.02 Å². The van der Waals surface area contributed by atoms with Gasteiger partial charge in [0.15, 0.2) is 0 Å². The van der Waals surface area contributed by atoms with E-state index in [4.69, 9.17) is 17.3 Å². The summed E-state index contributed by atoms with van der Waals surface area (Å²) in [6.45, 7) is 0. The van der Waals surface area contributed by atoms with Gasteiger partial charge in [0, 0.05) is 24.3 Å². The van der Waals surface area contributed by atoms with Gasteiger partial charge in [0.05, 0.1) is 16.4 Å². The number of nitrogen functional groups attached to an aromatic ring is 1. The Morgan fingerprint density at radius 3 is 2.78 bits per heavy atom. The Labute approximate surface area is 143 Å². The van der Waals surface area contributed by atoms with E-state index in [0.29, 0.717) is 27.6 Å². The van der Waals surface area contributed by atoms with Gasteiger partial charge < -0.3 is 5.73 Å². The topological polar surface area (TPSA) is 80.9 Å². The fraction of sp³-hybridized carbons (Fsp3) is 0.375. The normalized spacial score (nSPS) is 14.2. The van der Waals surface area contributed by atoms with Crippen molar-refractivity contribution in [2.75, 3.05) is 12.0 Å². The minimum atomic E-state index is -0.291. The van der Waals surface area contributed by atoms with E-state index in [2.05, 4.69) is 5.10 Å². The van der Waals surface area contributed by atoms with E-state index in [1.165, 1.54) is 4.68 Å². The molecular weight excluding hydrogens is 334 g/mol. The summed E-state index contributed by atoms with van der Waals surface area (Å²) in [5.74, 6) is 0.564. The number of nitrogens with zero attached hydrogens (tertiary/aromatic N) is 1. The van der Waals surface area contributed by atoms with Crippen LogP contribution in [0, 0.1) is 0 Å². The molecule has 0 radical (unpaired) electrons. The zero-order valence-corrected chi connectivity index (χ0v) is 14.6. The molecule has 0 atom stereocenters. The van der Waals surface area contributed by atoms with Crippen LogP contribution in [-0.4, -0.2) is 21.8 Å². The summed E-state index contributed by atoms with van der Waals surface area (Å²) < 4.78 is 1.37. The lowest BCUT2D eigenvalue weighted by atomic mass is 9.97. The number of anilines is 1. The summed E-state index contributed by atoms with van der Waals surface area (Å²) in [6, 6.07) is 3.28. The number of benzene rings is 1. The summed E-state index contributed by atoms with van der Waals surface area (Å²) in [4.78, 5) is 25.5. The van der Waals surface area contributed by atoms with E-state index in [1.807, 2.05) is 6.26 Å². The number of aryl methyl sites for hydroxylation is 1. The first-order valence-corrected chi connectivity index (χ1v) is 9.12. The minimum absolute atomic E-state index is 0.235. The zero-order chi connectivity index (χ0) is 16.7. The number of carbonyl (C=O) groups is 1. The van der Waals surface area contributed by atoms with Crippen LogP contribution in [0.3, 0.4) is 0 Å². The highest BCUT2D eigenvalue weighted by molar-refractivity contribution is 7.97. The van der Waals surface area contributed by atoms with Crippen molar-refractivity contribution in [3.8, 4) is 0 Å². The molecule has 0 aliphatic heterocycles. The molecule has 1 aliphatic carbocycles. The third-order valence-corrected chi connectivity index (χ3v) is 5.03. The van der Waals surface area contributed by atoms with Crippen molar-refractivity contribution in [3.63, 3.8) is 0 Å². The summed E-state index contributed by atoms with van der Waals surface area (Å²) in [6.07, 6.45) is 3.93. The molecule has 1 aliphatic rings. The van der Waals surface area contributed by atoms with Crippen molar-refractivity contribution in [1.82, 2.24) is 9.78 Å². The van der Waals surface area contributed by atoms with Crippen LogP contribution in [0.1, 0.15) is 45.9 Å². The number of nitrogens with two attached hydrogens (primary N) is 1. The number of thioether (sulfide) groups is 1. The second-order valence-electron chi connectivity index (χ2n) is 5.79. The Morgan fingerprint density at radius 2 is 2.17 bits per heavy atom. The first kappa shape index (κ1) is 16.2. The lowest BCUT2D eigenvalue weighted by Crippen LogP contribution is -2.21. The maximum Gasteiger partial charge on any atom is 0.277 e. The molecule has 2 aromatic rings. The molecule has 1 saturated carbocycles. The van der Waals surface area contributed by atoms with Crippen molar-refractivity contribution < 1.29 is 4.79 Å². The molecule has 0 amide bonds. The molecule has 23 heavy (non-hydrogen) atoms. The highest BCUT2D eigenvalue weighted by atomic mass is 35.5. The number of hydrogen-bond donors (Lipinski definition) is 2. The molecule has 1 aromatic carbocycles. The van der Waals surface area contributed by atoms with Crippen molar-refractivity contribution in [3.05, 3.63) is 49.9 Å². The van der Waals surface area contributed by atoms with Crippen LogP contribution in [-0.2, 0) is 12.8 Å². The standard InChI is InChI=1S/C16H18ClN3O2S/c1-20-16(22)12(14(19-20)8-3-4-8)15(21)9-5-6-11(17)13(18)10(9)7-23-2/h5-6,8,19H,3-4,7,18H2,1-2H3. The Kier molecular flexibility index (Phi) is 4.29. The number of rotatable bonds is 5. The first-order valence-electron chi connectivity index (χ1n) is 7.35. The Balaban J connectivity index is 2.15. The van der Waals surface area contributed by atoms with Crippen LogP contribution in [0.25, 0.3) is 0 Å². The number of H-pyrrole nitrogens is 1. The number of nitrogens with one attached hydrogen (secondary N) is 1. The van der Waals surface area contributed by atoms with Gasteiger partial charge in [-0.15, -0.1) is 0 Å². The van der Waals surface area contributed by atoms with Crippen LogP contribution < -0.4 is 11.3 Å². The van der Waals surface area contributed by atoms with Gasteiger partial charge in [-0.05, 0) is 36.8 Å². The molecule has 1 aromatic heterocycles. The fourth-order valence-corrected chi connectivity index (χ4v) is 3.52. The third kappa shape index (κ3) is 2.81.